The SMILES string of the molecule is C[C@@H]1CN(c2cc(=O)n(C)c3ccc(C#N)nc23)[C@@H](C)CN1C(c1ccc(F)cc1)C(F)(F)CC=O. The summed E-state index contributed by atoms with van der Waals surface area (Å²) in [5.74, 6) is -3.92. The maximum atomic E-state index is 15.3. The summed E-state index contributed by atoms with van der Waals surface area (Å²) in [5.41, 5.74) is 1.72. The average molecular weight is 498 g/mol. The number of aryl methyl sites for hydroxylation is 1. The minimum atomic E-state index is -3.38. The zero-order chi connectivity index (χ0) is 26.2. The van der Waals surface area contributed by atoms with Crippen LogP contribution >= 0.6 is 0 Å². The van der Waals surface area contributed by atoms with Gasteiger partial charge in [0, 0.05) is 38.3 Å². The van der Waals surface area contributed by atoms with Crippen LogP contribution in [0.5, 0.6) is 0 Å². The second-order valence-corrected chi connectivity index (χ2v) is 9.24. The molecule has 1 aliphatic heterocycles. The first-order valence-corrected chi connectivity index (χ1v) is 11.6. The van der Waals surface area contributed by atoms with Crippen molar-refractivity contribution in [1.29, 1.82) is 5.26 Å². The maximum Gasteiger partial charge on any atom is 0.273 e. The highest BCUT2D eigenvalue weighted by atomic mass is 19.3. The number of aldehydes is 1. The second-order valence-electron chi connectivity index (χ2n) is 9.24. The highest BCUT2D eigenvalue weighted by Gasteiger charge is 2.47. The molecule has 0 aliphatic carbocycles. The van der Waals surface area contributed by atoms with E-state index in [0.717, 1.165) is 12.1 Å². The van der Waals surface area contributed by atoms with Crippen molar-refractivity contribution in [3.63, 3.8) is 0 Å². The first-order chi connectivity index (χ1) is 17.1. The number of nitriles is 1. The van der Waals surface area contributed by atoms with Crippen LogP contribution in [-0.2, 0) is 11.8 Å². The van der Waals surface area contributed by atoms with Crippen molar-refractivity contribution in [3.05, 3.63) is 69.9 Å². The van der Waals surface area contributed by atoms with Gasteiger partial charge in [-0.05, 0) is 43.7 Å². The van der Waals surface area contributed by atoms with Crippen LogP contribution in [0, 0.1) is 17.1 Å². The van der Waals surface area contributed by atoms with Gasteiger partial charge in [-0.25, -0.2) is 18.2 Å². The molecule has 3 atom stereocenters. The summed E-state index contributed by atoms with van der Waals surface area (Å²) in [6.45, 7) is 4.13. The van der Waals surface area contributed by atoms with Gasteiger partial charge in [-0.2, -0.15) is 5.26 Å². The zero-order valence-corrected chi connectivity index (χ0v) is 20.2. The summed E-state index contributed by atoms with van der Waals surface area (Å²) in [6, 6.07) is 9.40. The molecule has 1 saturated heterocycles. The number of alkyl halides is 2. The van der Waals surface area contributed by atoms with E-state index in [0.29, 0.717) is 16.7 Å². The van der Waals surface area contributed by atoms with Crippen LogP contribution in [-0.4, -0.2) is 51.8 Å². The number of carbonyl (C=O) groups is 1. The third-order valence-corrected chi connectivity index (χ3v) is 6.80. The molecule has 0 radical (unpaired) electrons. The summed E-state index contributed by atoms with van der Waals surface area (Å²) >= 11 is 0. The number of benzene rings is 1. The summed E-state index contributed by atoms with van der Waals surface area (Å²) in [6.07, 6.45) is -0.762. The van der Waals surface area contributed by atoms with Crippen molar-refractivity contribution in [3.8, 4) is 6.07 Å². The Balaban J connectivity index is 1.76. The van der Waals surface area contributed by atoms with Crippen molar-refractivity contribution < 1.29 is 18.0 Å². The minimum absolute atomic E-state index is 0.187. The number of piperazine rings is 1. The molecular weight excluding hydrogens is 471 g/mol. The Morgan fingerprint density at radius 1 is 1.17 bits per heavy atom. The van der Waals surface area contributed by atoms with Crippen LogP contribution in [0.25, 0.3) is 11.0 Å². The van der Waals surface area contributed by atoms with Crippen LogP contribution in [0.15, 0.2) is 47.3 Å². The van der Waals surface area contributed by atoms with E-state index in [1.165, 1.54) is 28.8 Å². The van der Waals surface area contributed by atoms with Gasteiger partial charge < -0.3 is 14.3 Å². The van der Waals surface area contributed by atoms with Crippen LogP contribution in [0.1, 0.15) is 37.6 Å². The van der Waals surface area contributed by atoms with E-state index < -0.39 is 30.2 Å². The Labute approximate surface area is 206 Å². The largest absolute Gasteiger partial charge is 0.364 e. The lowest BCUT2D eigenvalue weighted by Gasteiger charge is -2.49. The number of rotatable bonds is 6. The number of aromatic nitrogens is 2. The molecule has 0 saturated carbocycles. The van der Waals surface area contributed by atoms with Gasteiger partial charge in [-0.3, -0.25) is 9.69 Å². The van der Waals surface area contributed by atoms with E-state index >= 15 is 8.78 Å². The average Bonchev–Trinajstić information content (AvgIpc) is 2.84. The Morgan fingerprint density at radius 2 is 1.86 bits per heavy atom. The predicted octanol–water partition coefficient (Wildman–Crippen LogP) is 3.81. The van der Waals surface area contributed by atoms with E-state index in [1.54, 1.807) is 24.9 Å². The van der Waals surface area contributed by atoms with E-state index in [9.17, 15) is 19.2 Å². The quantitative estimate of drug-likeness (QED) is 0.482. The van der Waals surface area contributed by atoms with Crippen molar-refractivity contribution in [2.75, 3.05) is 18.0 Å². The van der Waals surface area contributed by atoms with Gasteiger partial charge in [0.2, 0.25) is 0 Å². The van der Waals surface area contributed by atoms with Crippen LogP contribution in [0.3, 0.4) is 0 Å². The summed E-state index contributed by atoms with van der Waals surface area (Å²) in [7, 11) is 1.62. The number of nitrogens with zero attached hydrogens (tertiary/aromatic N) is 5. The fourth-order valence-corrected chi connectivity index (χ4v) is 4.99. The molecule has 0 spiro atoms. The molecule has 0 amide bonds. The Kier molecular flexibility index (Phi) is 6.87. The topological polar surface area (TPSA) is 82.2 Å². The number of hydrogen-bond donors (Lipinski definition) is 0. The fraction of sp³-hybridized carbons (Fsp3) is 0.385. The van der Waals surface area contributed by atoms with Gasteiger partial charge in [0.1, 0.15) is 35.4 Å². The Hall–Kier alpha value is -3.71. The molecule has 1 aromatic carbocycles. The molecule has 188 valence electrons. The highest BCUT2D eigenvalue weighted by Crippen LogP contribution is 2.42. The molecule has 36 heavy (non-hydrogen) atoms. The molecule has 10 heteroatoms. The number of hydrogen-bond acceptors (Lipinski definition) is 6. The second kappa shape index (κ2) is 9.74. The van der Waals surface area contributed by atoms with Crippen molar-refractivity contribution in [1.82, 2.24) is 14.5 Å². The predicted molar refractivity (Wildman–Crippen MR) is 129 cm³/mol. The summed E-state index contributed by atoms with van der Waals surface area (Å²) in [5, 5.41) is 9.34. The molecule has 0 bridgehead atoms. The molecule has 3 aromatic rings. The van der Waals surface area contributed by atoms with Crippen molar-refractivity contribution in [2.45, 2.75) is 44.3 Å². The van der Waals surface area contributed by atoms with Crippen molar-refractivity contribution >= 4 is 23.0 Å². The highest BCUT2D eigenvalue weighted by molar-refractivity contribution is 5.89. The maximum absolute atomic E-state index is 15.3. The van der Waals surface area contributed by atoms with Crippen LogP contribution < -0.4 is 10.5 Å². The van der Waals surface area contributed by atoms with Gasteiger partial charge >= 0.3 is 0 Å². The van der Waals surface area contributed by atoms with Crippen LogP contribution in [0.2, 0.25) is 0 Å². The lowest BCUT2D eigenvalue weighted by molar-refractivity contribution is -0.127. The monoisotopic (exact) mass is 497 g/mol. The van der Waals surface area contributed by atoms with Gasteiger partial charge in [-0.1, -0.05) is 12.1 Å². The first kappa shape index (κ1) is 25.4. The molecule has 1 aliphatic rings. The van der Waals surface area contributed by atoms with Gasteiger partial charge in [0.25, 0.3) is 11.5 Å². The first-order valence-electron chi connectivity index (χ1n) is 11.6. The molecule has 1 fully saturated rings. The van der Waals surface area contributed by atoms with Gasteiger partial charge in [-0.15, -0.1) is 0 Å². The minimum Gasteiger partial charge on any atom is -0.364 e. The number of carbonyl (C=O) groups excluding carboxylic acids is 1. The number of halogens is 3. The molecule has 1 unspecified atom stereocenters. The molecule has 4 rings (SSSR count). The normalized spacial score (nSPS) is 19.8. The Morgan fingerprint density at radius 3 is 2.50 bits per heavy atom. The fourth-order valence-electron chi connectivity index (χ4n) is 4.99. The lowest BCUT2D eigenvalue weighted by Crippen LogP contribution is -2.60. The zero-order valence-electron chi connectivity index (χ0n) is 20.2. The molecule has 2 aromatic heterocycles. The molecule has 3 heterocycles. The van der Waals surface area contributed by atoms with Crippen LogP contribution in [0.4, 0.5) is 18.9 Å². The summed E-state index contributed by atoms with van der Waals surface area (Å²) < 4.78 is 45.6. The van der Waals surface area contributed by atoms with Crippen molar-refractivity contribution in [2.24, 2.45) is 7.05 Å². The molecule has 0 N–H and O–H groups in total. The van der Waals surface area contributed by atoms with Gasteiger partial charge in [0.05, 0.1) is 17.6 Å². The van der Waals surface area contributed by atoms with E-state index in [-0.39, 0.29) is 42.2 Å². The smallest absolute Gasteiger partial charge is 0.273 e. The lowest BCUT2D eigenvalue weighted by atomic mass is 9.93. The summed E-state index contributed by atoms with van der Waals surface area (Å²) in [4.78, 5) is 31.8. The molecular formula is C26H26F3N5O2. The number of anilines is 1. The van der Waals surface area contributed by atoms with E-state index in [2.05, 4.69) is 4.98 Å². The number of fused-ring (bicyclic) bond motifs is 1. The Bertz CT molecular complexity index is 1380. The molecule has 7 nitrogen and oxygen atoms in total. The third kappa shape index (κ3) is 4.58. The third-order valence-electron chi connectivity index (χ3n) is 6.80. The van der Waals surface area contributed by atoms with E-state index in [1.807, 2.05) is 17.9 Å². The van der Waals surface area contributed by atoms with E-state index in [4.69, 9.17) is 0 Å². The standard InChI is InChI=1S/C26H26F3N5O2/c1-16-15-34(25(26(28,29)10-11-35)18-4-6-19(27)7-5-18)17(2)14-33(16)22-12-23(36)32(3)21-9-8-20(13-30)31-24(21)22/h4-9,11-12,16-17,25H,10,14-15H2,1-3H3/t16-,17+,25?/m0/s1. The van der Waals surface area contributed by atoms with Gasteiger partial charge in [0.15, 0.2) is 0 Å². The number of pyridine rings is 2.